The van der Waals surface area contributed by atoms with Crippen molar-refractivity contribution in [1.82, 2.24) is 5.32 Å². The zero-order valence-corrected chi connectivity index (χ0v) is 26.0. The van der Waals surface area contributed by atoms with E-state index in [2.05, 4.69) is 5.32 Å². The van der Waals surface area contributed by atoms with Gasteiger partial charge in [0.2, 0.25) is 0 Å². The van der Waals surface area contributed by atoms with Crippen molar-refractivity contribution >= 4 is 29.6 Å². The maximum absolute atomic E-state index is 13.8. The molecule has 2 fully saturated rings. The molecular formula is C37H38N2O7. The van der Waals surface area contributed by atoms with E-state index in [0.717, 1.165) is 17.5 Å². The fourth-order valence-corrected chi connectivity index (χ4v) is 6.61. The van der Waals surface area contributed by atoms with Crippen LogP contribution in [0.5, 0.6) is 0 Å². The maximum Gasteiger partial charge on any atom is 0.408 e. The van der Waals surface area contributed by atoms with Crippen molar-refractivity contribution < 1.29 is 33.4 Å². The minimum absolute atomic E-state index is 0.112. The highest BCUT2D eigenvalue weighted by Crippen LogP contribution is 2.45. The molecule has 4 atom stereocenters. The number of fused-ring (bicyclic) bond motifs is 2. The van der Waals surface area contributed by atoms with Gasteiger partial charge in [-0.15, -0.1) is 0 Å². The van der Waals surface area contributed by atoms with Gasteiger partial charge in [0, 0.05) is 17.6 Å². The van der Waals surface area contributed by atoms with Crippen LogP contribution in [-0.2, 0) is 37.0 Å². The molecule has 9 heteroatoms. The van der Waals surface area contributed by atoms with Crippen LogP contribution in [0.3, 0.4) is 0 Å². The van der Waals surface area contributed by atoms with Crippen LogP contribution in [0.15, 0.2) is 97.1 Å². The zero-order valence-electron chi connectivity index (χ0n) is 26.0. The zero-order chi connectivity index (χ0) is 32.3. The number of hydrogen-bond acceptors (Lipinski definition) is 7. The standard InChI is InChI=1S/C37H38N2O7/c1-36(2)24-39(29-15-13-28(14-16-29)33(41)44-22-26-9-5-3-6-10-26)32(40)31(36)46-34(42)30-21-25-17-19-37(30,20-18-25)38-35(43)45-23-27-11-7-4-8-12-27/h3-17,19,25,30-31H,18,20-24H2,1-2H3,(H,38,43)/t25-,30-,31-,37-/m0/s1. The number of ether oxygens (including phenoxy) is 3. The smallest absolute Gasteiger partial charge is 0.408 e. The van der Waals surface area contributed by atoms with Gasteiger partial charge in [0.25, 0.3) is 5.91 Å². The number of rotatable bonds is 9. The molecule has 0 unspecified atom stereocenters. The normalized spacial score (nSPS) is 24.3. The number of anilines is 1. The summed E-state index contributed by atoms with van der Waals surface area (Å²) in [6.07, 6.45) is 4.23. The van der Waals surface area contributed by atoms with Crippen LogP contribution in [0.4, 0.5) is 10.5 Å². The minimum Gasteiger partial charge on any atom is -0.457 e. The number of alkyl carbamates (subject to hydrolysis) is 1. The number of carbonyl (C=O) groups is 4. The van der Waals surface area contributed by atoms with Crippen LogP contribution < -0.4 is 10.2 Å². The molecule has 3 aromatic rings. The van der Waals surface area contributed by atoms with Crippen molar-refractivity contribution in [2.24, 2.45) is 17.3 Å². The highest BCUT2D eigenvalue weighted by Gasteiger charge is 2.54. The lowest BCUT2D eigenvalue weighted by molar-refractivity contribution is -0.166. The highest BCUT2D eigenvalue weighted by molar-refractivity contribution is 6.01. The van der Waals surface area contributed by atoms with Crippen LogP contribution >= 0.6 is 0 Å². The SMILES string of the molecule is CC1(C)CN(c2ccc(C(=O)OCc3ccccc3)cc2)C(=O)[C@@H]1OC(=O)[C@@H]1C[C@H]2C=C[C@]1(NC(=O)OCc1ccccc1)CC2. The summed E-state index contributed by atoms with van der Waals surface area (Å²) >= 11 is 0. The van der Waals surface area contributed by atoms with Crippen molar-refractivity contribution in [1.29, 1.82) is 0 Å². The van der Waals surface area contributed by atoms with Crippen LogP contribution in [-0.4, -0.2) is 42.1 Å². The molecule has 9 nitrogen and oxygen atoms in total. The van der Waals surface area contributed by atoms with E-state index in [4.69, 9.17) is 14.2 Å². The van der Waals surface area contributed by atoms with Gasteiger partial charge in [-0.2, -0.15) is 0 Å². The predicted molar refractivity (Wildman–Crippen MR) is 170 cm³/mol. The highest BCUT2D eigenvalue weighted by atomic mass is 16.6. The van der Waals surface area contributed by atoms with Crippen molar-refractivity contribution in [2.45, 2.75) is 58.0 Å². The fraction of sp³-hybridized carbons (Fsp3) is 0.351. The topological polar surface area (TPSA) is 111 Å². The van der Waals surface area contributed by atoms with Crippen molar-refractivity contribution in [2.75, 3.05) is 11.4 Å². The van der Waals surface area contributed by atoms with Crippen LogP contribution in [0.2, 0.25) is 0 Å². The molecule has 0 aromatic heterocycles. The fourth-order valence-electron chi connectivity index (χ4n) is 6.61. The average Bonchev–Trinajstić information content (AvgIpc) is 3.31. The molecule has 0 radical (unpaired) electrons. The number of amides is 2. The van der Waals surface area contributed by atoms with Gasteiger partial charge < -0.3 is 24.4 Å². The van der Waals surface area contributed by atoms with Crippen LogP contribution in [0, 0.1) is 17.3 Å². The molecule has 4 aliphatic rings. The van der Waals surface area contributed by atoms with Crippen LogP contribution in [0.1, 0.15) is 54.6 Å². The molecule has 1 heterocycles. The molecule has 2 amide bonds. The van der Waals surface area contributed by atoms with E-state index in [-0.39, 0.29) is 25.0 Å². The van der Waals surface area contributed by atoms with E-state index < -0.39 is 41.0 Å². The molecular weight excluding hydrogens is 584 g/mol. The number of benzene rings is 3. The second-order valence-electron chi connectivity index (χ2n) is 13.0. The second-order valence-corrected chi connectivity index (χ2v) is 13.0. The Bertz CT molecular complexity index is 1620. The Hall–Kier alpha value is -4.92. The molecule has 3 aliphatic carbocycles. The van der Waals surface area contributed by atoms with Gasteiger partial charge >= 0.3 is 18.0 Å². The summed E-state index contributed by atoms with van der Waals surface area (Å²) in [6, 6.07) is 25.4. The first-order valence-corrected chi connectivity index (χ1v) is 15.6. The Morgan fingerprint density at radius 1 is 0.870 bits per heavy atom. The van der Waals surface area contributed by atoms with Crippen molar-refractivity contribution in [3.63, 3.8) is 0 Å². The molecule has 2 bridgehead atoms. The van der Waals surface area contributed by atoms with E-state index >= 15 is 0 Å². The lowest BCUT2D eigenvalue weighted by atomic mass is 9.64. The van der Waals surface area contributed by atoms with E-state index in [1.54, 1.807) is 29.2 Å². The molecule has 7 rings (SSSR count). The third-order valence-corrected chi connectivity index (χ3v) is 9.21. The second kappa shape index (κ2) is 12.8. The van der Waals surface area contributed by atoms with Gasteiger partial charge in [-0.25, -0.2) is 9.59 Å². The van der Waals surface area contributed by atoms with E-state index in [0.29, 0.717) is 30.6 Å². The Morgan fingerprint density at radius 2 is 1.50 bits per heavy atom. The monoisotopic (exact) mass is 622 g/mol. The van der Waals surface area contributed by atoms with Gasteiger partial charge in [0.1, 0.15) is 13.2 Å². The number of nitrogens with zero attached hydrogens (tertiary/aromatic N) is 1. The largest absolute Gasteiger partial charge is 0.457 e. The van der Waals surface area contributed by atoms with Gasteiger partial charge in [0.15, 0.2) is 6.10 Å². The minimum atomic E-state index is -1.01. The van der Waals surface area contributed by atoms with Crippen molar-refractivity contribution in [3.8, 4) is 0 Å². The van der Waals surface area contributed by atoms with Gasteiger partial charge in [0.05, 0.1) is 17.0 Å². The van der Waals surface area contributed by atoms with Crippen LogP contribution in [0.25, 0.3) is 0 Å². The molecule has 238 valence electrons. The van der Waals surface area contributed by atoms with E-state index in [1.165, 1.54) is 0 Å². The molecule has 1 saturated carbocycles. The van der Waals surface area contributed by atoms with E-state index in [1.807, 2.05) is 86.7 Å². The first kappa shape index (κ1) is 31.1. The third-order valence-electron chi connectivity index (χ3n) is 9.21. The Morgan fingerprint density at radius 3 is 2.11 bits per heavy atom. The summed E-state index contributed by atoms with van der Waals surface area (Å²) in [5.74, 6) is -1.76. The summed E-state index contributed by atoms with van der Waals surface area (Å²) in [6.45, 7) is 4.38. The number of esters is 2. The summed E-state index contributed by atoms with van der Waals surface area (Å²) in [5.41, 5.74) is 1.08. The molecule has 1 aliphatic heterocycles. The van der Waals surface area contributed by atoms with Crippen molar-refractivity contribution in [3.05, 3.63) is 114 Å². The number of allylic oxidation sites excluding steroid dienone is 1. The Labute approximate surface area is 268 Å². The lowest BCUT2D eigenvalue weighted by Gasteiger charge is -2.47. The summed E-state index contributed by atoms with van der Waals surface area (Å²) in [7, 11) is 0. The first-order chi connectivity index (χ1) is 22.1. The first-order valence-electron chi connectivity index (χ1n) is 15.6. The molecule has 1 saturated heterocycles. The van der Waals surface area contributed by atoms with E-state index in [9.17, 15) is 19.2 Å². The Balaban J connectivity index is 1.10. The molecule has 1 N–H and O–H groups in total. The van der Waals surface area contributed by atoms with Gasteiger partial charge in [-0.1, -0.05) is 86.7 Å². The average molecular weight is 623 g/mol. The summed E-state index contributed by atoms with van der Waals surface area (Å²) in [4.78, 5) is 54.6. The third kappa shape index (κ3) is 6.54. The number of carbonyl (C=O) groups excluding carboxylic acids is 4. The lowest BCUT2D eigenvalue weighted by Crippen LogP contribution is -2.60. The Kier molecular flexibility index (Phi) is 8.67. The summed E-state index contributed by atoms with van der Waals surface area (Å²) < 4.78 is 16.9. The molecule has 3 aromatic carbocycles. The molecule has 46 heavy (non-hydrogen) atoms. The quantitative estimate of drug-likeness (QED) is 0.178. The van der Waals surface area contributed by atoms with Gasteiger partial charge in [-0.3, -0.25) is 9.59 Å². The molecule has 0 spiro atoms. The summed E-state index contributed by atoms with van der Waals surface area (Å²) in [5, 5.41) is 2.96. The number of nitrogens with one attached hydrogen (secondary N) is 1. The van der Waals surface area contributed by atoms with Gasteiger partial charge in [-0.05, 0) is 60.6 Å². The number of hydrogen-bond donors (Lipinski definition) is 1. The predicted octanol–water partition coefficient (Wildman–Crippen LogP) is 5.98. The maximum atomic E-state index is 13.8.